The second-order valence-electron chi connectivity index (χ2n) is 6.12. The fraction of sp³-hybridized carbons (Fsp3) is 0.412. The number of piperazine rings is 1. The molecule has 4 rings (SSSR count). The Morgan fingerprint density at radius 3 is 2.85 bits per heavy atom. The van der Waals surface area contributed by atoms with Gasteiger partial charge in [-0.1, -0.05) is 0 Å². The van der Waals surface area contributed by atoms with E-state index < -0.39 is 0 Å². The highest BCUT2D eigenvalue weighted by Gasteiger charge is 2.25. The van der Waals surface area contributed by atoms with Crippen molar-refractivity contribution in [1.29, 1.82) is 0 Å². The Bertz CT molecular complexity index is 928. The van der Waals surface area contributed by atoms with E-state index in [4.69, 9.17) is 0 Å². The molecule has 0 aliphatic carbocycles. The number of hydrogen-bond acceptors (Lipinski definition) is 8. The summed E-state index contributed by atoms with van der Waals surface area (Å²) in [5.74, 6) is 0.971. The molecule has 1 saturated heterocycles. The number of anilines is 2. The molecule has 9 heteroatoms. The average Bonchev–Trinajstić information content (AvgIpc) is 3.27. The lowest BCUT2D eigenvalue weighted by atomic mass is 10.2. The topological polar surface area (TPSA) is 74.2 Å². The smallest absolute Gasteiger partial charge is 0.273 e. The summed E-state index contributed by atoms with van der Waals surface area (Å²) < 4.78 is 0. The molecule has 0 saturated carbocycles. The molecule has 0 spiro atoms. The van der Waals surface area contributed by atoms with Gasteiger partial charge in [0.1, 0.15) is 22.7 Å². The van der Waals surface area contributed by atoms with Crippen LogP contribution in [0.15, 0.2) is 17.8 Å². The van der Waals surface area contributed by atoms with Crippen LogP contribution in [-0.2, 0) is 0 Å². The third-order valence-electron chi connectivity index (χ3n) is 4.35. The van der Waals surface area contributed by atoms with Crippen molar-refractivity contribution in [2.24, 2.45) is 0 Å². The Morgan fingerprint density at radius 2 is 2.08 bits per heavy atom. The molecule has 1 fully saturated rings. The molecule has 1 N–H and O–H groups in total. The molecule has 1 amide bonds. The van der Waals surface area contributed by atoms with E-state index in [-0.39, 0.29) is 5.91 Å². The maximum atomic E-state index is 12.7. The Balaban J connectivity index is 1.45. The van der Waals surface area contributed by atoms with E-state index in [9.17, 15) is 4.79 Å². The molecule has 1 aliphatic rings. The van der Waals surface area contributed by atoms with Gasteiger partial charge in [0.15, 0.2) is 5.13 Å². The van der Waals surface area contributed by atoms with Gasteiger partial charge in [-0.25, -0.2) is 15.0 Å². The highest BCUT2D eigenvalue weighted by molar-refractivity contribution is 7.18. The third kappa shape index (κ3) is 3.24. The first-order valence-corrected chi connectivity index (χ1v) is 10.3. The average molecular weight is 389 g/mol. The number of amides is 1. The number of carbonyl (C=O) groups is 1. The van der Waals surface area contributed by atoms with Crippen molar-refractivity contribution in [3.8, 4) is 0 Å². The van der Waals surface area contributed by atoms with E-state index >= 15 is 0 Å². The normalized spacial score (nSPS) is 14.8. The summed E-state index contributed by atoms with van der Waals surface area (Å²) in [7, 11) is 0. The fourth-order valence-electron chi connectivity index (χ4n) is 3.10. The number of thiophene rings is 1. The van der Waals surface area contributed by atoms with Gasteiger partial charge < -0.3 is 15.1 Å². The maximum absolute atomic E-state index is 12.7. The van der Waals surface area contributed by atoms with Crippen LogP contribution in [0.5, 0.6) is 0 Å². The van der Waals surface area contributed by atoms with Crippen molar-refractivity contribution in [2.45, 2.75) is 13.8 Å². The SMILES string of the molecule is CCNc1nc(C(=O)N2CCN(c3ncnc4sc(C)cc34)CC2)cs1. The molecule has 136 valence electrons. The number of nitrogens with one attached hydrogen (secondary N) is 1. The molecule has 0 unspecified atom stereocenters. The lowest BCUT2D eigenvalue weighted by Crippen LogP contribution is -2.49. The van der Waals surface area contributed by atoms with Crippen LogP contribution in [0.3, 0.4) is 0 Å². The van der Waals surface area contributed by atoms with E-state index in [0.29, 0.717) is 18.8 Å². The first kappa shape index (κ1) is 17.2. The van der Waals surface area contributed by atoms with Gasteiger partial charge in [0.05, 0.1) is 5.39 Å². The summed E-state index contributed by atoms with van der Waals surface area (Å²) in [6, 6.07) is 2.14. The zero-order chi connectivity index (χ0) is 18.1. The first-order chi connectivity index (χ1) is 12.7. The molecule has 0 bridgehead atoms. The predicted octanol–water partition coefficient (Wildman–Crippen LogP) is 2.85. The number of carbonyl (C=O) groups excluding carboxylic acids is 1. The molecule has 1 aliphatic heterocycles. The minimum Gasteiger partial charge on any atom is -0.362 e. The van der Waals surface area contributed by atoms with Gasteiger partial charge in [0.2, 0.25) is 0 Å². The summed E-state index contributed by atoms with van der Waals surface area (Å²) in [6.45, 7) is 7.76. The van der Waals surface area contributed by atoms with Crippen LogP contribution in [0, 0.1) is 6.92 Å². The number of hydrogen-bond donors (Lipinski definition) is 1. The van der Waals surface area contributed by atoms with Gasteiger partial charge >= 0.3 is 0 Å². The van der Waals surface area contributed by atoms with Crippen LogP contribution in [0.1, 0.15) is 22.3 Å². The van der Waals surface area contributed by atoms with Crippen LogP contribution in [0.25, 0.3) is 10.2 Å². The lowest BCUT2D eigenvalue weighted by Gasteiger charge is -2.35. The number of thiazole rings is 1. The Hall–Kier alpha value is -2.26. The zero-order valence-electron chi connectivity index (χ0n) is 14.7. The maximum Gasteiger partial charge on any atom is 0.273 e. The molecule has 3 aromatic rings. The summed E-state index contributed by atoms with van der Waals surface area (Å²) >= 11 is 3.16. The van der Waals surface area contributed by atoms with Crippen LogP contribution < -0.4 is 10.2 Å². The molecule has 26 heavy (non-hydrogen) atoms. The number of rotatable bonds is 4. The van der Waals surface area contributed by atoms with Crippen molar-refractivity contribution >= 4 is 49.7 Å². The lowest BCUT2D eigenvalue weighted by molar-refractivity contribution is 0.0741. The Kier molecular flexibility index (Phi) is 4.73. The summed E-state index contributed by atoms with van der Waals surface area (Å²) in [5, 5.41) is 6.88. The van der Waals surface area contributed by atoms with Gasteiger partial charge in [0.25, 0.3) is 5.91 Å². The van der Waals surface area contributed by atoms with E-state index in [1.807, 2.05) is 17.2 Å². The fourth-order valence-corrected chi connectivity index (χ4v) is 4.70. The van der Waals surface area contributed by atoms with Crippen molar-refractivity contribution in [1.82, 2.24) is 19.9 Å². The second kappa shape index (κ2) is 7.16. The minimum absolute atomic E-state index is 0.00395. The van der Waals surface area contributed by atoms with E-state index in [2.05, 4.69) is 38.2 Å². The van der Waals surface area contributed by atoms with Gasteiger partial charge in [-0.3, -0.25) is 4.79 Å². The summed E-state index contributed by atoms with van der Waals surface area (Å²) in [5.41, 5.74) is 0.525. The largest absolute Gasteiger partial charge is 0.362 e. The van der Waals surface area contributed by atoms with Crippen LogP contribution in [0.4, 0.5) is 10.9 Å². The quantitative estimate of drug-likeness (QED) is 0.741. The van der Waals surface area contributed by atoms with Gasteiger partial charge in [0, 0.05) is 43.0 Å². The highest BCUT2D eigenvalue weighted by atomic mass is 32.1. The Labute approximate surface area is 159 Å². The van der Waals surface area contributed by atoms with Crippen LogP contribution in [0.2, 0.25) is 0 Å². The standard InChI is InChI=1S/C17H20N6OS2/c1-3-18-17-21-13(9-25-17)16(24)23-6-4-22(5-7-23)14-12-8-11(2)26-15(12)20-10-19-14/h8-10H,3-7H2,1-2H3,(H,18,21). The van der Waals surface area contributed by atoms with E-state index in [0.717, 1.165) is 40.8 Å². The van der Waals surface area contributed by atoms with Crippen molar-refractivity contribution < 1.29 is 4.79 Å². The number of fused-ring (bicyclic) bond motifs is 1. The highest BCUT2D eigenvalue weighted by Crippen LogP contribution is 2.30. The Morgan fingerprint density at radius 1 is 1.27 bits per heavy atom. The van der Waals surface area contributed by atoms with E-state index in [1.54, 1.807) is 17.7 Å². The van der Waals surface area contributed by atoms with Crippen LogP contribution in [-0.4, -0.2) is 58.5 Å². The summed E-state index contributed by atoms with van der Waals surface area (Å²) in [6.07, 6.45) is 1.63. The molecule has 0 atom stereocenters. The van der Waals surface area contributed by atoms with Crippen molar-refractivity contribution in [2.75, 3.05) is 42.9 Å². The second-order valence-corrected chi connectivity index (χ2v) is 8.21. The third-order valence-corrected chi connectivity index (χ3v) is 6.11. The predicted molar refractivity (Wildman–Crippen MR) is 107 cm³/mol. The van der Waals surface area contributed by atoms with Gasteiger partial charge in [-0.15, -0.1) is 22.7 Å². The monoisotopic (exact) mass is 388 g/mol. The molecule has 0 aromatic carbocycles. The zero-order valence-corrected chi connectivity index (χ0v) is 16.4. The molecular formula is C17H20N6OS2. The number of aryl methyl sites for hydroxylation is 1. The molecular weight excluding hydrogens is 368 g/mol. The van der Waals surface area contributed by atoms with Crippen LogP contribution >= 0.6 is 22.7 Å². The number of nitrogens with zero attached hydrogens (tertiary/aromatic N) is 5. The van der Waals surface area contributed by atoms with Gasteiger partial charge in [-0.2, -0.15) is 0 Å². The molecule has 0 radical (unpaired) electrons. The minimum atomic E-state index is 0.00395. The van der Waals surface area contributed by atoms with Crippen molar-refractivity contribution in [3.05, 3.63) is 28.3 Å². The summed E-state index contributed by atoms with van der Waals surface area (Å²) in [4.78, 5) is 32.3. The molecule has 4 heterocycles. The molecule has 7 nitrogen and oxygen atoms in total. The van der Waals surface area contributed by atoms with E-state index in [1.165, 1.54) is 16.2 Å². The number of aromatic nitrogens is 3. The van der Waals surface area contributed by atoms with Gasteiger partial charge in [-0.05, 0) is 19.9 Å². The first-order valence-electron chi connectivity index (χ1n) is 8.60. The van der Waals surface area contributed by atoms with Crippen molar-refractivity contribution in [3.63, 3.8) is 0 Å². The molecule has 3 aromatic heterocycles.